The number of nitrogens with two attached hydrogens (primary N) is 1. The minimum atomic E-state index is -0.299. The summed E-state index contributed by atoms with van der Waals surface area (Å²) in [6, 6.07) is 12.0. The van der Waals surface area contributed by atoms with Crippen LogP contribution < -0.4 is 10.6 Å². The van der Waals surface area contributed by atoms with Crippen LogP contribution in [0.15, 0.2) is 40.8 Å². The van der Waals surface area contributed by atoms with E-state index in [2.05, 4.69) is 11.1 Å². The second-order valence-electron chi connectivity index (χ2n) is 6.33. The van der Waals surface area contributed by atoms with Gasteiger partial charge in [0.2, 0.25) is 0 Å². The zero-order chi connectivity index (χ0) is 19.0. The van der Waals surface area contributed by atoms with Crippen LogP contribution in [-0.4, -0.2) is 16.6 Å². The van der Waals surface area contributed by atoms with Crippen molar-refractivity contribution in [3.05, 3.63) is 64.8 Å². The lowest BCUT2D eigenvalue weighted by atomic mass is 9.94. The molecule has 1 aliphatic rings. The standard InChI is InChI=1S/C20H17FN4O2/c21-15-3-1-2-4-17(15)25-8-7-16-14(10-25)19(13(9-22)20(23)24-16)18-6-5-12(11-26)27-18/h1-6,26H,7-8,10-11H2,(H2,23,24). The van der Waals surface area contributed by atoms with E-state index in [4.69, 9.17) is 10.2 Å². The van der Waals surface area contributed by atoms with Crippen molar-refractivity contribution in [3.8, 4) is 17.4 Å². The molecule has 0 amide bonds. The summed E-state index contributed by atoms with van der Waals surface area (Å²) in [6.45, 7) is 0.723. The molecule has 1 aliphatic heterocycles. The van der Waals surface area contributed by atoms with E-state index in [9.17, 15) is 14.8 Å². The summed E-state index contributed by atoms with van der Waals surface area (Å²) in [5.41, 5.74) is 8.85. The first-order valence-corrected chi connectivity index (χ1v) is 8.53. The molecule has 2 aromatic heterocycles. The number of aromatic nitrogens is 1. The predicted octanol–water partition coefficient (Wildman–Crippen LogP) is 2.99. The van der Waals surface area contributed by atoms with Crippen LogP contribution in [0, 0.1) is 17.1 Å². The Balaban J connectivity index is 1.86. The minimum Gasteiger partial charge on any atom is -0.459 e. The van der Waals surface area contributed by atoms with Gasteiger partial charge < -0.3 is 20.2 Å². The average Bonchev–Trinajstić information content (AvgIpc) is 3.16. The summed E-state index contributed by atoms with van der Waals surface area (Å²) in [5.74, 6) is 0.677. The Labute approximate surface area is 155 Å². The number of benzene rings is 1. The van der Waals surface area contributed by atoms with E-state index < -0.39 is 0 Å². The SMILES string of the molecule is N#Cc1c(N)nc2c(c1-c1ccc(CO)o1)CN(c1ccccc1F)CC2. The molecule has 0 fully saturated rings. The third-order valence-electron chi connectivity index (χ3n) is 4.75. The van der Waals surface area contributed by atoms with Gasteiger partial charge in [-0.2, -0.15) is 5.26 Å². The molecule has 0 aliphatic carbocycles. The summed E-state index contributed by atoms with van der Waals surface area (Å²) >= 11 is 0. The first-order chi connectivity index (χ1) is 13.1. The molecule has 0 bridgehead atoms. The van der Waals surface area contributed by atoms with E-state index in [-0.39, 0.29) is 23.8 Å². The Kier molecular flexibility index (Phi) is 4.26. The number of pyridine rings is 1. The second-order valence-corrected chi connectivity index (χ2v) is 6.33. The molecule has 0 atom stereocenters. The maximum absolute atomic E-state index is 14.3. The maximum atomic E-state index is 14.3. The van der Waals surface area contributed by atoms with E-state index in [0.29, 0.717) is 42.3 Å². The lowest BCUT2D eigenvalue weighted by Crippen LogP contribution is -2.32. The van der Waals surface area contributed by atoms with E-state index in [1.165, 1.54) is 6.07 Å². The van der Waals surface area contributed by atoms with Crippen molar-refractivity contribution in [2.75, 3.05) is 17.2 Å². The first-order valence-electron chi connectivity index (χ1n) is 8.53. The molecular formula is C20H17FN4O2. The lowest BCUT2D eigenvalue weighted by molar-refractivity contribution is 0.248. The molecule has 3 N–H and O–H groups in total. The monoisotopic (exact) mass is 364 g/mol. The molecule has 3 aromatic rings. The number of aliphatic hydroxyl groups is 1. The van der Waals surface area contributed by atoms with E-state index in [1.54, 1.807) is 30.3 Å². The van der Waals surface area contributed by atoms with Gasteiger partial charge >= 0.3 is 0 Å². The predicted molar refractivity (Wildman–Crippen MR) is 98.1 cm³/mol. The van der Waals surface area contributed by atoms with Gasteiger partial charge in [-0.25, -0.2) is 9.37 Å². The molecule has 0 radical (unpaired) electrons. The quantitative estimate of drug-likeness (QED) is 0.741. The summed E-state index contributed by atoms with van der Waals surface area (Å²) in [4.78, 5) is 6.30. The number of furan rings is 1. The highest BCUT2D eigenvalue weighted by Gasteiger charge is 2.27. The topological polar surface area (TPSA) is 99.3 Å². The molecule has 4 rings (SSSR count). The van der Waals surface area contributed by atoms with Crippen molar-refractivity contribution < 1.29 is 13.9 Å². The number of hydrogen-bond donors (Lipinski definition) is 2. The Morgan fingerprint density at radius 3 is 2.81 bits per heavy atom. The van der Waals surface area contributed by atoms with Crippen molar-refractivity contribution in [1.29, 1.82) is 5.26 Å². The van der Waals surface area contributed by atoms with Crippen LogP contribution in [0.25, 0.3) is 11.3 Å². The number of nitrogen functional groups attached to an aromatic ring is 1. The first kappa shape index (κ1) is 17.1. The second kappa shape index (κ2) is 6.74. The highest BCUT2D eigenvalue weighted by Crippen LogP contribution is 2.37. The minimum absolute atomic E-state index is 0.146. The number of nitriles is 1. The molecular weight excluding hydrogens is 347 g/mol. The Morgan fingerprint density at radius 1 is 1.30 bits per heavy atom. The van der Waals surface area contributed by atoms with Gasteiger partial charge in [-0.05, 0) is 24.3 Å². The van der Waals surface area contributed by atoms with Gasteiger partial charge in [-0.15, -0.1) is 0 Å². The number of nitrogens with zero attached hydrogens (tertiary/aromatic N) is 3. The molecule has 0 saturated carbocycles. The van der Waals surface area contributed by atoms with Gasteiger partial charge in [0.05, 0.1) is 11.4 Å². The van der Waals surface area contributed by atoms with Crippen molar-refractivity contribution in [2.24, 2.45) is 0 Å². The number of hydrogen-bond acceptors (Lipinski definition) is 6. The summed E-state index contributed by atoms with van der Waals surface area (Å²) < 4.78 is 19.9. The molecule has 6 nitrogen and oxygen atoms in total. The zero-order valence-corrected chi connectivity index (χ0v) is 14.4. The number of rotatable bonds is 3. The summed E-state index contributed by atoms with van der Waals surface area (Å²) in [6.07, 6.45) is 0.570. The van der Waals surface area contributed by atoms with Crippen LogP contribution in [0.4, 0.5) is 15.9 Å². The molecule has 0 spiro atoms. The molecule has 27 heavy (non-hydrogen) atoms. The smallest absolute Gasteiger partial charge is 0.146 e. The number of para-hydroxylation sites is 1. The number of anilines is 2. The van der Waals surface area contributed by atoms with Gasteiger partial charge in [0.25, 0.3) is 0 Å². The largest absolute Gasteiger partial charge is 0.459 e. The van der Waals surface area contributed by atoms with Gasteiger partial charge in [0.15, 0.2) is 0 Å². The lowest BCUT2D eigenvalue weighted by Gasteiger charge is -2.32. The van der Waals surface area contributed by atoms with Crippen molar-refractivity contribution in [2.45, 2.75) is 19.6 Å². The molecule has 1 aromatic carbocycles. The Hall–Kier alpha value is -3.37. The number of halogens is 1. The molecule has 0 saturated heterocycles. The van der Waals surface area contributed by atoms with Gasteiger partial charge in [0.1, 0.15) is 41.4 Å². The van der Waals surface area contributed by atoms with Crippen LogP contribution >= 0.6 is 0 Å². The highest BCUT2D eigenvalue weighted by molar-refractivity contribution is 5.77. The summed E-state index contributed by atoms with van der Waals surface area (Å²) in [5, 5.41) is 18.9. The van der Waals surface area contributed by atoms with Crippen LogP contribution in [-0.2, 0) is 19.6 Å². The third kappa shape index (κ3) is 2.90. The fraction of sp³-hybridized carbons (Fsp3) is 0.200. The molecule has 0 unspecified atom stereocenters. The Bertz CT molecular complexity index is 1050. The molecule has 136 valence electrons. The Morgan fingerprint density at radius 2 is 2.11 bits per heavy atom. The fourth-order valence-electron chi connectivity index (χ4n) is 3.48. The number of aliphatic hydroxyl groups excluding tert-OH is 1. The summed E-state index contributed by atoms with van der Waals surface area (Å²) in [7, 11) is 0. The molecule has 3 heterocycles. The van der Waals surface area contributed by atoms with Gasteiger partial charge in [-0.3, -0.25) is 0 Å². The fourth-order valence-corrected chi connectivity index (χ4v) is 3.48. The van der Waals surface area contributed by atoms with E-state index >= 15 is 0 Å². The third-order valence-corrected chi connectivity index (χ3v) is 4.75. The van der Waals surface area contributed by atoms with Crippen LogP contribution in [0.5, 0.6) is 0 Å². The van der Waals surface area contributed by atoms with Gasteiger partial charge in [0, 0.05) is 30.6 Å². The maximum Gasteiger partial charge on any atom is 0.146 e. The number of fused-ring (bicyclic) bond motifs is 1. The molecule has 7 heteroatoms. The highest BCUT2D eigenvalue weighted by atomic mass is 19.1. The van der Waals surface area contributed by atoms with Crippen LogP contribution in [0.1, 0.15) is 22.6 Å². The average molecular weight is 364 g/mol. The van der Waals surface area contributed by atoms with Crippen LogP contribution in [0.2, 0.25) is 0 Å². The van der Waals surface area contributed by atoms with Crippen molar-refractivity contribution >= 4 is 11.5 Å². The zero-order valence-electron chi connectivity index (χ0n) is 14.4. The van der Waals surface area contributed by atoms with Crippen molar-refractivity contribution in [1.82, 2.24) is 4.98 Å². The van der Waals surface area contributed by atoms with Gasteiger partial charge in [-0.1, -0.05) is 12.1 Å². The van der Waals surface area contributed by atoms with E-state index in [1.807, 2.05) is 4.90 Å². The normalized spacial score (nSPS) is 13.3. The van der Waals surface area contributed by atoms with E-state index in [0.717, 1.165) is 11.3 Å². The van der Waals surface area contributed by atoms with Crippen molar-refractivity contribution in [3.63, 3.8) is 0 Å². The van der Waals surface area contributed by atoms with Crippen LogP contribution in [0.3, 0.4) is 0 Å².